The first-order chi connectivity index (χ1) is 24.5. The van der Waals surface area contributed by atoms with E-state index in [2.05, 4.69) is 67.7 Å². The number of halogens is 1. The zero-order valence-electron chi connectivity index (χ0n) is 32.7. The third kappa shape index (κ3) is 8.96. The molecule has 1 fully saturated rings. The Bertz CT molecular complexity index is 1970. The largest absolute Gasteiger partial charge is 0.543 e. The predicted octanol–water partition coefficient (Wildman–Crippen LogP) is 10.9. The van der Waals surface area contributed by atoms with E-state index in [0.29, 0.717) is 24.2 Å². The molecule has 4 aromatic carbocycles. The number of benzene rings is 4. The van der Waals surface area contributed by atoms with Gasteiger partial charge in [-0.2, -0.15) is 0 Å². The minimum Gasteiger partial charge on any atom is -0.543 e. The fourth-order valence-corrected chi connectivity index (χ4v) is 9.18. The van der Waals surface area contributed by atoms with Crippen molar-refractivity contribution < 1.29 is 32.4 Å². The molecule has 4 aromatic rings. The van der Waals surface area contributed by atoms with E-state index in [0.717, 1.165) is 22.4 Å². The van der Waals surface area contributed by atoms with Crippen LogP contribution in [-0.4, -0.2) is 32.3 Å². The van der Waals surface area contributed by atoms with Crippen LogP contribution in [0.4, 0.5) is 10.1 Å². The molecule has 0 saturated carbocycles. The number of β-lactam (4-membered cyclic amide) rings is 1. The standard InChI is InChI=1S/C42H55FNO6PSi2/c1-41(2,3)52(7,8)49-37(29-19-22-32(43)23-20-29)26-25-36-39(44(40(36)45)33-16-12-11-13-17-33)35-24-21-31(28-38(35)50-53(9,10)42(4,5)6)30-15-14-18-34(27-30)51(46,47)48/h11-24,27-28,36-37,39H,25-26H2,1-10H3,(H2,46,47,48)/t36-,37+,39-/m1/s1. The third-order valence-electron chi connectivity index (χ3n) is 11.5. The van der Waals surface area contributed by atoms with E-state index in [9.17, 15) is 23.5 Å². The van der Waals surface area contributed by atoms with Gasteiger partial charge in [0, 0.05) is 11.3 Å². The molecule has 1 heterocycles. The van der Waals surface area contributed by atoms with Crippen LogP contribution in [0.2, 0.25) is 36.3 Å². The molecule has 5 rings (SSSR count). The quantitative estimate of drug-likeness (QED) is 0.0845. The maximum Gasteiger partial charge on any atom is 0.356 e. The lowest BCUT2D eigenvalue weighted by molar-refractivity contribution is -0.131. The topological polar surface area (TPSA) is 96.3 Å². The average Bonchev–Trinajstić information content (AvgIpc) is 3.06. The molecular weight excluding hydrogens is 721 g/mol. The van der Waals surface area contributed by atoms with Crippen molar-refractivity contribution in [3.63, 3.8) is 0 Å². The zero-order valence-corrected chi connectivity index (χ0v) is 35.6. The lowest BCUT2D eigenvalue weighted by atomic mass is 9.77. The summed E-state index contributed by atoms with van der Waals surface area (Å²) >= 11 is 0. The summed E-state index contributed by atoms with van der Waals surface area (Å²) in [5, 5.41) is -0.230. The number of para-hydroxylation sites is 1. The first-order valence-electron chi connectivity index (χ1n) is 18.3. The van der Waals surface area contributed by atoms with E-state index < -0.39 is 24.2 Å². The molecule has 1 amide bonds. The molecule has 11 heteroatoms. The van der Waals surface area contributed by atoms with Crippen LogP contribution in [0.5, 0.6) is 5.75 Å². The van der Waals surface area contributed by atoms with Crippen LogP contribution in [0.1, 0.15) is 77.7 Å². The summed E-state index contributed by atoms with van der Waals surface area (Å²) in [6.45, 7) is 21.9. The van der Waals surface area contributed by atoms with Crippen LogP contribution >= 0.6 is 7.60 Å². The fourth-order valence-electron chi connectivity index (χ4n) is 6.24. The van der Waals surface area contributed by atoms with Gasteiger partial charge in [-0.05, 0) is 108 Å². The second kappa shape index (κ2) is 15.0. The van der Waals surface area contributed by atoms with E-state index in [4.69, 9.17) is 8.85 Å². The Morgan fingerprint density at radius 3 is 1.98 bits per heavy atom. The van der Waals surface area contributed by atoms with Gasteiger partial charge in [-0.3, -0.25) is 9.36 Å². The van der Waals surface area contributed by atoms with Crippen LogP contribution in [-0.2, 0) is 13.8 Å². The van der Waals surface area contributed by atoms with Crippen LogP contribution in [0.15, 0.2) is 97.1 Å². The Morgan fingerprint density at radius 1 is 0.792 bits per heavy atom. The number of hydrogen-bond acceptors (Lipinski definition) is 4. The first-order valence-corrected chi connectivity index (χ1v) is 25.7. The Labute approximate surface area is 317 Å². The second-order valence-corrected chi connectivity index (χ2v) is 28.4. The van der Waals surface area contributed by atoms with Crippen LogP contribution < -0.4 is 14.6 Å². The maximum atomic E-state index is 14.3. The fraction of sp³-hybridized carbons (Fsp3) is 0.405. The molecule has 0 spiro atoms. The maximum absolute atomic E-state index is 14.3. The van der Waals surface area contributed by atoms with Gasteiger partial charge in [0.2, 0.25) is 14.2 Å². The van der Waals surface area contributed by atoms with Crippen molar-refractivity contribution in [3.05, 3.63) is 114 Å². The molecule has 0 radical (unpaired) electrons. The number of nitrogens with zero attached hydrogens (tertiary/aromatic N) is 1. The molecule has 7 nitrogen and oxygen atoms in total. The molecule has 284 valence electrons. The average molecular weight is 776 g/mol. The molecule has 2 N–H and O–H groups in total. The summed E-state index contributed by atoms with van der Waals surface area (Å²) in [5.41, 5.74) is 3.97. The van der Waals surface area contributed by atoms with Crippen molar-refractivity contribution in [1.82, 2.24) is 0 Å². The molecule has 0 unspecified atom stereocenters. The van der Waals surface area contributed by atoms with Gasteiger partial charge in [0.05, 0.1) is 23.4 Å². The summed E-state index contributed by atoms with van der Waals surface area (Å²) in [6, 6.07) is 28.2. The van der Waals surface area contributed by atoms with Gasteiger partial charge >= 0.3 is 7.60 Å². The van der Waals surface area contributed by atoms with Gasteiger partial charge in [-0.25, -0.2) is 4.39 Å². The highest BCUT2D eigenvalue weighted by Gasteiger charge is 2.51. The van der Waals surface area contributed by atoms with Crippen molar-refractivity contribution in [2.45, 2.75) is 103 Å². The minimum absolute atomic E-state index is 0.0167. The highest BCUT2D eigenvalue weighted by Crippen LogP contribution is 2.51. The van der Waals surface area contributed by atoms with Crippen molar-refractivity contribution in [1.29, 1.82) is 0 Å². The van der Waals surface area contributed by atoms with E-state index in [1.54, 1.807) is 18.2 Å². The van der Waals surface area contributed by atoms with Crippen LogP contribution in [0.3, 0.4) is 0 Å². The predicted molar refractivity (Wildman–Crippen MR) is 218 cm³/mol. The molecule has 0 aliphatic carbocycles. The Hall–Kier alpha value is -3.38. The zero-order chi connectivity index (χ0) is 39.1. The normalized spacial score (nSPS) is 17.8. The summed E-state index contributed by atoms with van der Waals surface area (Å²) in [6.07, 6.45) is 0.788. The molecule has 3 atom stereocenters. The lowest BCUT2D eigenvalue weighted by Crippen LogP contribution is -2.55. The second-order valence-electron chi connectivity index (χ2n) is 17.3. The van der Waals surface area contributed by atoms with Gasteiger partial charge in [0.25, 0.3) is 0 Å². The highest BCUT2D eigenvalue weighted by molar-refractivity contribution is 7.60. The van der Waals surface area contributed by atoms with E-state index >= 15 is 0 Å². The Morgan fingerprint density at radius 2 is 1.40 bits per heavy atom. The van der Waals surface area contributed by atoms with Crippen molar-refractivity contribution in [3.8, 4) is 16.9 Å². The van der Waals surface area contributed by atoms with Gasteiger partial charge in [-0.1, -0.05) is 96.1 Å². The van der Waals surface area contributed by atoms with E-state index in [-0.39, 0.29) is 45.2 Å². The van der Waals surface area contributed by atoms with Gasteiger partial charge in [0.15, 0.2) is 8.32 Å². The summed E-state index contributed by atoms with van der Waals surface area (Å²) in [4.78, 5) is 36.0. The molecule has 1 saturated heterocycles. The number of rotatable bonds is 12. The smallest absolute Gasteiger partial charge is 0.356 e. The Kier molecular flexibility index (Phi) is 11.6. The van der Waals surface area contributed by atoms with Crippen molar-refractivity contribution in [2.24, 2.45) is 5.92 Å². The molecule has 1 aliphatic rings. The Balaban J connectivity index is 1.60. The minimum atomic E-state index is -4.47. The van der Waals surface area contributed by atoms with E-state index in [1.165, 1.54) is 24.3 Å². The van der Waals surface area contributed by atoms with Gasteiger partial charge in [0.1, 0.15) is 11.6 Å². The van der Waals surface area contributed by atoms with Crippen LogP contribution in [0.25, 0.3) is 11.1 Å². The first kappa shape index (κ1) is 40.8. The molecular formula is C42H55FNO6PSi2. The SMILES string of the molecule is CC(C)(C)[Si](C)(C)Oc1cc(-c2cccc(P(=O)(O)O)c2)ccc1[C@@H]1[C@@H](CC[C@H](O[Si](C)(C)C(C)(C)C)c2ccc(F)cc2)C(=O)N1c1ccccc1. The number of carbonyl (C=O) groups is 1. The molecule has 0 aromatic heterocycles. The summed E-state index contributed by atoms with van der Waals surface area (Å²) in [5.74, 6) is -0.0136. The monoisotopic (exact) mass is 775 g/mol. The summed E-state index contributed by atoms with van der Waals surface area (Å²) in [7, 11) is -9.14. The number of hydrogen-bond donors (Lipinski definition) is 2. The summed E-state index contributed by atoms with van der Waals surface area (Å²) < 4.78 is 40.3. The number of amides is 1. The van der Waals surface area contributed by atoms with Crippen molar-refractivity contribution >= 4 is 41.1 Å². The highest BCUT2D eigenvalue weighted by atomic mass is 31.2. The van der Waals surface area contributed by atoms with Gasteiger partial charge in [-0.15, -0.1) is 0 Å². The number of anilines is 1. The van der Waals surface area contributed by atoms with Crippen LogP contribution in [0, 0.1) is 11.7 Å². The van der Waals surface area contributed by atoms with E-state index in [1.807, 2.05) is 59.5 Å². The van der Waals surface area contributed by atoms with Gasteiger partial charge < -0.3 is 23.5 Å². The third-order valence-corrected chi connectivity index (χ3v) is 21.3. The lowest BCUT2D eigenvalue weighted by Gasteiger charge is -2.49. The molecule has 0 bridgehead atoms. The molecule has 1 aliphatic heterocycles. The van der Waals surface area contributed by atoms with Crippen molar-refractivity contribution in [2.75, 3.05) is 4.90 Å². The number of carbonyl (C=O) groups excluding carboxylic acids is 1. The molecule has 53 heavy (non-hydrogen) atoms.